The molecule has 2 aromatic carbocycles. The van der Waals surface area contributed by atoms with Gasteiger partial charge in [-0.1, -0.05) is 36.4 Å². The van der Waals surface area contributed by atoms with Crippen molar-refractivity contribution in [1.82, 2.24) is 14.5 Å². The van der Waals surface area contributed by atoms with E-state index in [1.165, 1.54) is 37.1 Å². The molecule has 0 bridgehead atoms. The van der Waals surface area contributed by atoms with Crippen LogP contribution in [0.5, 0.6) is 0 Å². The Hall–Kier alpha value is -2.18. The minimum atomic E-state index is -3.56. The van der Waals surface area contributed by atoms with Gasteiger partial charge in [-0.3, -0.25) is 4.68 Å². The third kappa shape index (κ3) is 3.39. The predicted molar refractivity (Wildman–Crippen MR) is 105 cm³/mol. The van der Waals surface area contributed by atoms with Gasteiger partial charge in [0, 0.05) is 29.5 Å². The molecular formula is C21H23N3O2S. The Morgan fingerprint density at radius 1 is 1.00 bits per heavy atom. The zero-order valence-electron chi connectivity index (χ0n) is 15.1. The van der Waals surface area contributed by atoms with Crippen LogP contribution in [0.15, 0.2) is 53.4 Å². The van der Waals surface area contributed by atoms with Gasteiger partial charge < -0.3 is 0 Å². The summed E-state index contributed by atoms with van der Waals surface area (Å²) >= 11 is 0. The molecule has 6 heteroatoms. The summed E-state index contributed by atoms with van der Waals surface area (Å²) in [5, 5.41) is 6.44. The Kier molecular flexibility index (Phi) is 4.06. The summed E-state index contributed by atoms with van der Waals surface area (Å²) in [4.78, 5) is 0.335. The van der Waals surface area contributed by atoms with Crippen molar-refractivity contribution in [1.29, 1.82) is 0 Å². The van der Waals surface area contributed by atoms with Crippen molar-refractivity contribution in [3.8, 4) is 0 Å². The maximum atomic E-state index is 12.9. The van der Waals surface area contributed by atoms with E-state index in [4.69, 9.17) is 5.10 Å². The van der Waals surface area contributed by atoms with Gasteiger partial charge in [-0.15, -0.1) is 0 Å². The van der Waals surface area contributed by atoms with Crippen molar-refractivity contribution in [3.63, 3.8) is 0 Å². The Balaban J connectivity index is 1.34. The molecule has 2 aliphatic carbocycles. The van der Waals surface area contributed by atoms with Crippen molar-refractivity contribution in [3.05, 3.63) is 59.9 Å². The minimum Gasteiger partial charge on any atom is -0.268 e. The SMILES string of the molecule is O=S(=O)(NCCn1nc(C2CC2)cc1C1CC1)c1cccc2ccccc12. The van der Waals surface area contributed by atoms with E-state index in [9.17, 15) is 8.42 Å². The molecule has 2 saturated carbocycles. The van der Waals surface area contributed by atoms with Crippen LogP contribution in [-0.2, 0) is 16.6 Å². The predicted octanol–water partition coefficient (Wildman–Crippen LogP) is 3.77. The summed E-state index contributed by atoms with van der Waals surface area (Å²) in [5.74, 6) is 1.23. The molecule has 0 amide bonds. The normalized spacial score (nSPS) is 17.5. The van der Waals surface area contributed by atoms with Crippen LogP contribution >= 0.6 is 0 Å². The van der Waals surface area contributed by atoms with Gasteiger partial charge in [0.1, 0.15) is 0 Å². The largest absolute Gasteiger partial charge is 0.268 e. The summed E-state index contributed by atoms with van der Waals surface area (Å²) in [7, 11) is -3.56. The smallest absolute Gasteiger partial charge is 0.241 e. The monoisotopic (exact) mass is 381 g/mol. The highest BCUT2D eigenvalue weighted by atomic mass is 32.2. The quantitative estimate of drug-likeness (QED) is 0.678. The van der Waals surface area contributed by atoms with Crippen molar-refractivity contribution in [2.24, 2.45) is 0 Å². The van der Waals surface area contributed by atoms with Crippen LogP contribution in [0.25, 0.3) is 10.8 Å². The zero-order chi connectivity index (χ0) is 18.4. The fraction of sp³-hybridized carbons (Fsp3) is 0.381. The number of benzene rings is 2. The topological polar surface area (TPSA) is 64.0 Å². The van der Waals surface area contributed by atoms with E-state index in [-0.39, 0.29) is 0 Å². The third-order valence-corrected chi connectivity index (χ3v) is 7.00. The van der Waals surface area contributed by atoms with Crippen LogP contribution in [0.1, 0.15) is 48.9 Å². The fourth-order valence-corrected chi connectivity index (χ4v) is 4.96. The fourth-order valence-electron chi connectivity index (χ4n) is 3.71. The summed E-state index contributed by atoms with van der Waals surface area (Å²) in [6, 6.07) is 15.2. The molecular weight excluding hydrogens is 358 g/mol. The Morgan fingerprint density at radius 3 is 2.52 bits per heavy atom. The molecule has 1 heterocycles. The molecule has 2 aliphatic rings. The average molecular weight is 382 g/mol. The molecule has 0 atom stereocenters. The Morgan fingerprint density at radius 2 is 1.74 bits per heavy atom. The second-order valence-corrected chi connectivity index (χ2v) is 9.38. The van der Waals surface area contributed by atoms with Gasteiger partial charge in [-0.05, 0) is 43.2 Å². The molecule has 1 N–H and O–H groups in total. The van der Waals surface area contributed by atoms with E-state index in [1.54, 1.807) is 12.1 Å². The standard InChI is InChI=1S/C21H23N3O2S/c25-27(26,21-7-3-5-15-4-1-2-6-18(15)21)22-12-13-24-20(17-10-11-17)14-19(23-24)16-8-9-16/h1-7,14,16-17,22H,8-13H2. The minimum absolute atomic E-state index is 0.335. The summed E-state index contributed by atoms with van der Waals surface area (Å²) in [5.41, 5.74) is 2.47. The molecule has 0 spiro atoms. The first-order chi connectivity index (χ1) is 13.1. The van der Waals surface area contributed by atoms with Crippen LogP contribution < -0.4 is 4.72 Å². The van der Waals surface area contributed by atoms with Crippen molar-refractivity contribution >= 4 is 20.8 Å². The molecule has 5 rings (SSSR count). The molecule has 2 fully saturated rings. The molecule has 0 unspecified atom stereocenters. The van der Waals surface area contributed by atoms with E-state index >= 15 is 0 Å². The number of rotatable bonds is 7. The van der Waals surface area contributed by atoms with E-state index in [2.05, 4.69) is 10.8 Å². The molecule has 1 aromatic heterocycles. The Labute approximate surface area is 159 Å². The lowest BCUT2D eigenvalue weighted by Gasteiger charge is -2.11. The van der Waals surface area contributed by atoms with E-state index < -0.39 is 10.0 Å². The van der Waals surface area contributed by atoms with Gasteiger partial charge >= 0.3 is 0 Å². The first-order valence-electron chi connectivity index (χ1n) is 9.67. The third-order valence-electron chi connectivity index (χ3n) is 5.48. The number of hydrogen-bond donors (Lipinski definition) is 1. The first kappa shape index (κ1) is 17.0. The van der Waals surface area contributed by atoms with Gasteiger partial charge in [-0.2, -0.15) is 5.10 Å². The lowest BCUT2D eigenvalue weighted by molar-refractivity contribution is 0.548. The number of nitrogens with zero attached hydrogens (tertiary/aromatic N) is 2. The molecule has 0 radical (unpaired) electrons. The highest BCUT2D eigenvalue weighted by Crippen LogP contribution is 2.44. The summed E-state index contributed by atoms with van der Waals surface area (Å²) in [6.45, 7) is 0.916. The van der Waals surface area contributed by atoms with Crippen LogP contribution in [0.2, 0.25) is 0 Å². The zero-order valence-corrected chi connectivity index (χ0v) is 16.0. The number of aromatic nitrogens is 2. The van der Waals surface area contributed by atoms with Crippen LogP contribution in [-0.4, -0.2) is 24.7 Å². The lowest BCUT2D eigenvalue weighted by Crippen LogP contribution is -2.28. The van der Waals surface area contributed by atoms with E-state index in [0.717, 1.165) is 10.8 Å². The molecule has 27 heavy (non-hydrogen) atoms. The van der Waals surface area contributed by atoms with Crippen molar-refractivity contribution in [2.75, 3.05) is 6.54 Å². The second-order valence-electron chi connectivity index (χ2n) is 7.64. The summed E-state index contributed by atoms with van der Waals surface area (Å²) < 4.78 is 30.5. The highest BCUT2D eigenvalue weighted by molar-refractivity contribution is 7.89. The maximum Gasteiger partial charge on any atom is 0.241 e. The van der Waals surface area contributed by atoms with Crippen molar-refractivity contribution in [2.45, 2.75) is 49.0 Å². The maximum absolute atomic E-state index is 12.9. The molecule has 3 aromatic rings. The molecule has 140 valence electrons. The van der Waals surface area contributed by atoms with Gasteiger partial charge in [-0.25, -0.2) is 13.1 Å². The number of nitrogens with one attached hydrogen (secondary N) is 1. The van der Waals surface area contributed by atoms with Crippen LogP contribution in [0.4, 0.5) is 0 Å². The van der Waals surface area contributed by atoms with Crippen LogP contribution in [0, 0.1) is 0 Å². The molecule has 0 aliphatic heterocycles. The first-order valence-corrected chi connectivity index (χ1v) is 11.2. The van der Waals surface area contributed by atoms with Crippen LogP contribution in [0.3, 0.4) is 0 Å². The average Bonchev–Trinajstić information content (AvgIpc) is 3.60. The lowest BCUT2D eigenvalue weighted by atomic mass is 10.1. The van der Waals surface area contributed by atoms with E-state index in [1.807, 2.05) is 35.0 Å². The number of hydrogen-bond acceptors (Lipinski definition) is 3. The van der Waals surface area contributed by atoms with Crippen molar-refractivity contribution < 1.29 is 8.42 Å². The van der Waals surface area contributed by atoms with Gasteiger partial charge in [0.2, 0.25) is 10.0 Å². The van der Waals surface area contributed by atoms with E-state index in [0.29, 0.717) is 29.8 Å². The highest BCUT2D eigenvalue weighted by Gasteiger charge is 2.32. The summed E-state index contributed by atoms with van der Waals surface area (Å²) in [6.07, 6.45) is 4.90. The second kappa shape index (κ2) is 6.46. The van der Waals surface area contributed by atoms with Gasteiger partial charge in [0.15, 0.2) is 0 Å². The van der Waals surface area contributed by atoms with Gasteiger partial charge in [0.05, 0.1) is 17.1 Å². The molecule has 5 nitrogen and oxygen atoms in total. The Bertz CT molecular complexity index is 1090. The number of fused-ring (bicyclic) bond motifs is 1. The molecule has 0 saturated heterocycles. The number of sulfonamides is 1. The van der Waals surface area contributed by atoms with Gasteiger partial charge in [0.25, 0.3) is 0 Å².